The number of ether oxygens (including phenoxy) is 2. The van der Waals surface area contributed by atoms with E-state index in [-0.39, 0.29) is 6.10 Å². The zero-order chi connectivity index (χ0) is 17.9. The first-order valence-corrected chi connectivity index (χ1v) is 9.14. The van der Waals surface area contributed by atoms with Gasteiger partial charge in [-0.3, -0.25) is 0 Å². The molecule has 0 radical (unpaired) electrons. The van der Waals surface area contributed by atoms with Crippen LogP contribution in [-0.4, -0.2) is 25.8 Å². The lowest BCUT2D eigenvalue weighted by molar-refractivity contribution is 0.242. The highest BCUT2D eigenvalue weighted by atomic mass is 16.5. The first-order valence-electron chi connectivity index (χ1n) is 9.14. The van der Waals surface area contributed by atoms with Gasteiger partial charge >= 0.3 is 0 Å². The number of hydrogen-bond donors (Lipinski definition) is 2. The molecule has 0 heterocycles. The summed E-state index contributed by atoms with van der Waals surface area (Å²) in [5.74, 6) is 1.82. The van der Waals surface area contributed by atoms with Gasteiger partial charge in [-0.25, -0.2) is 0 Å². The van der Waals surface area contributed by atoms with Crippen molar-refractivity contribution < 1.29 is 9.47 Å². The van der Waals surface area contributed by atoms with E-state index < -0.39 is 0 Å². The van der Waals surface area contributed by atoms with Crippen molar-refractivity contribution in [2.45, 2.75) is 39.7 Å². The van der Waals surface area contributed by atoms with Crippen molar-refractivity contribution in [3.63, 3.8) is 0 Å². The van der Waals surface area contributed by atoms with Crippen molar-refractivity contribution in [1.82, 2.24) is 0 Å². The fourth-order valence-electron chi connectivity index (χ4n) is 2.37. The molecule has 25 heavy (non-hydrogen) atoms. The van der Waals surface area contributed by atoms with Crippen LogP contribution in [0.1, 0.15) is 33.6 Å². The fraction of sp³-hybridized carbons (Fsp3) is 0.429. The van der Waals surface area contributed by atoms with E-state index in [1.807, 2.05) is 56.3 Å². The van der Waals surface area contributed by atoms with Gasteiger partial charge in [0.25, 0.3) is 0 Å². The summed E-state index contributed by atoms with van der Waals surface area (Å²) in [6.45, 7) is 8.68. The van der Waals surface area contributed by atoms with Crippen LogP contribution in [0.2, 0.25) is 0 Å². The van der Waals surface area contributed by atoms with Gasteiger partial charge in [-0.15, -0.1) is 0 Å². The maximum atomic E-state index is 5.73. The van der Waals surface area contributed by atoms with E-state index in [1.54, 1.807) is 0 Å². The summed E-state index contributed by atoms with van der Waals surface area (Å²) in [7, 11) is 0. The van der Waals surface area contributed by atoms with Crippen LogP contribution in [0.15, 0.2) is 48.5 Å². The standard InChI is InChI=1S/C21H30N2O2/c1-4-5-15-24-21-8-6-7-19(16-21)23-14-13-22-18-9-11-20(12-10-18)25-17(2)3/h6-12,16-17,22-23H,4-5,13-15H2,1-3H3. The fourth-order valence-corrected chi connectivity index (χ4v) is 2.37. The van der Waals surface area contributed by atoms with Crippen LogP contribution in [0.4, 0.5) is 11.4 Å². The zero-order valence-corrected chi connectivity index (χ0v) is 15.5. The zero-order valence-electron chi connectivity index (χ0n) is 15.5. The molecule has 0 aromatic heterocycles. The molecule has 0 atom stereocenters. The minimum atomic E-state index is 0.199. The number of nitrogens with one attached hydrogen (secondary N) is 2. The van der Waals surface area contributed by atoms with Crippen LogP contribution < -0.4 is 20.1 Å². The predicted octanol–water partition coefficient (Wildman–Crippen LogP) is 5.18. The molecule has 0 aliphatic heterocycles. The average Bonchev–Trinajstić information content (AvgIpc) is 2.60. The van der Waals surface area contributed by atoms with Crippen LogP contribution in [0, 0.1) is 0 Å². The van der Waals surface area contributed by atoms with E-state index in [0.29, 0.717) is 0 Å². The van der Waals surface area contributed by atoms with Gasteiger partial charge in [0, 0.05) is 30.5 Å². The maximum absolute atomic E-state index is 5.73. The average molecular weight is 342 g/mol. The number of benzene rings is 2. The Balaban J connectivity index is 1.71. The van der Waals surface area contributed by atoms with Crippen LogP contribution in [0.3, 0.4) is 0 Å². The first-order chi connectivity index (χ1) is 12.2. The summed E-state index contributed by atoms with van der Waals surface area (Å²) in [6.07, 6.45) is 2.43. The Bertz CT molecular complexity index is 612. The minimum absolute atomic E-state index is 0.199. The molecular weight excluding hydrogens is 312 g/mol. The van der Waals surface area contributed by atoms with Crippen molar-refractivity contribution in [1.29, 1.82) is 0 Å². The van der Waals surface area contributed by atoms with Crippen molar-refractivity contribution in [2.24, 2.45) is 0 Å². The molecule has 4 nitrogen and oxygen atoms in total. The van der Waals surface area contributed by atoms with Gasteiger partial charge in [0.05, 0.1) is 12.7 Å². The highest BCUT2D eigenvalue weighted by Gasteiger charge is 1.99. The number of unbranched alkanes of at least 4 members (excludes halogenated alkanes) is 1. The molecule has 4 heteroatoms. The van der Waals surface area contributed by atoms with Gasteiger partial charge < -0.3 is 20.1 Å². The van der Waals surface area contributed by atoms with Gasteiger partial charge in [0.2, 0.25) is 0 Å². The molecule has 0 spiro atoms. The maximum Gasteiger partial charge on any atom is 0.121 e. The van der Waals surface area contributed by atoms with Gasteiger partial charge in [0.1, 0.15) is 11.5 Å². The first kappa shape index (κ1) is 19.0. The van der Waals surface area contributed by atoms with Gasteiger partial charge in [0.15, 0.2) is 0 Å². The predicted molar refractivity (Wildman–Crippen MR) is 106 cm³/mol. The quantitative estimate of drug-likeness (QED) is 0.552. The van der Waals surface area contributed by atoms with Crippen LogP contribution in [0.5, 0.6) is 11.5 Å². The van der Waals surface area contributed by atoms with Crippen LogP contribution in [0.25, 0.3) is 0 Å². The molecule has 2 rings (SSSR count). The topological polar surface area (TPSA) is 42.5 Å². The third kappa shape index (κ3) is 7.38. The summed E-state index contributed by atoms with van der Waals surface area (Å²) in [4.78, 5) is 0. The third-order valence-corrected chi connectivity index (χ3v) is 3.61. The Labute approximate surface area is 151 Å². The molecule has 0 aliphatic carbocycles. The lowest BCUT2D eigenvalue weighted by Gasteiger charge is -2.12. The SMILES string of the molecule is CCCCOc1cccc(NCCNc2ccc(OC(C)C)cc2)c1. The lowest BCUT2D eigenvalue weighted by atomic mass is 10.3. The van der Waals surface area contributed by atoms with Crippen molar-refractivity contribution >= 4 is 11.4 Å². The number of rotatable bonds is 11. The Morgan fingerprint density at radius 3 is 2.28 bits per heavy atom. The Kier molecular flexibility index (Phi) is 7.96. The highest BCUT2D eigenvalue weighted by Crippen LogP contribution is 2.18. The molecule has 0 aliphatic rings. The van der Waals surface area contributed by atoms with Crippen LogP contribution in [-0.2, 0) is 0 Å². The molecule has 0 amide bonds. The second-order valence-corrected chi connectivity index (χ2v) is 6.27. The van der Waals surface area contributed by atoms with Crippen molar-refractivity contribution in [2.75, 3.05) is 30.3 Å². The summed E-state index contributed by atoms with van der Waals surface area (Å²) in [5, 5.41) is 6.82. The van der Waals surface area contributed by atoms with E-state index in [4.69, 9.17) is 9.47 Å². The Morgan fingerprint density at radius 2 is 1.60 bits per heavy atom. The molecule has 0 bridgehead atoms. The second-order valence-electron chi connectivity index (χ2n) is 6.27. The van der Waals surface area contributed by atoms with Crippen LogP contribution >= 0.6 is 0 Å². The molecule has 2 N–H and O–H groups in total. The summed E-state index contributed by atoms with van der Waals surface area (Å²) < 4.78 is 11.4. The van der Waals surface area contributed by atoms with Gasteiger partial charge in [-0.05, 0) is 56.7 Å². The molecule has 0 saturated carbocycles. The van der Waals surface area contributed by atoms with E-state index in [0.717, 1.165) is 55.4 Å². The van der Waals surface area contributed by atoms with E-state index in [1.165, 1.54) is 0 Å². The van der Waals surface area contributed by atoms with Gasteiger partial charge in [-0.2, -0.15) is 0 Å². The highest BCUT2D eigenvalue weighted by molar-refractivity contribution is 5.49. The largest absolute Gasteiger partial charge is 0.494 e. The number of hydrogen-bond acceptors (Lipinski definition) is 4. The van der Waals surface area contributed by atoms with Crippen molar-refractivity contribution in [3.8, 4) is 11.5 Å². The molecule has 136 valence electrons. The summed E-state index contributed by atoms with van der Waals surface area (Å²) in [5.41, 5.74) is 2.17. The molecule has 0 saturated heterocycles. The Hall–Kier alpha value is -2.36. The van der Waals surface area contributed by atoms with E-state index >= 15 is 0 Å². The smallest absolute Gasteiger partial charge is 0.121 e. The molecule has 0 unspecified atom stereocenters. The van der Waals surface area contributed by atoms with Gasteiger partial charge in [-0.1, -0.05) is 19.4 Å². The third-order valence-electron chi connectivity index (χ3n) is 3.61. The van der Waals surface area contributed by atoms with E-state index in [9.17, 15) is 0 Å². The lowest BCUT2D eigenvalue weighted by Crippen LogP contribution is -2.13. The molecular formula is C21H30N2O2. The molecule has 0 fully saturated rings. The second kappa shape index (κ2) is 10.5. The monoisotopic (exact) mass is 342 g/mol. The van der Waals surface area contributed by atoms with Crippen molar-refractivity contribution in [3.05, 3.63) is 48.5 Å². The summed E-state index contributed by atoms with van der Waals surface area (Å²) >= 11 is 0. The Morgan fingerprint density at radius 1 is 0.880 bits per heavy atom. The summed E-state index contributed by atoms with van der Waals surface area (Å²) in [6, 6.07) is 16.2. The normalized spacial score (nSPS) is 10.6. The molecule has 2 aromatic rings. The molecule has 2 aromatic carbocycles. The van der Waals surface area contributed by atoms with E-state index in [2.05, 4.69) is 23.6 Å². The number of anilines is 2. The minimum Gasteiger partial charge on any atom is -0.494 e.